The molecule has 30 heavy (non-hydrogen) atoms. The Labute approximate surface area is 176 Å². The van der Waals surface area contributed by atoms with Crippen molar-refractivity contribution in [1.29, 1.82) is 0 Å². The van der Waals surface area contributed by atoms with Crippen LogP contribution in [0.25, 0.3) is 10.2 Å². The summed E-state index contributed by atoms with van der Waals surface area (Å²) in [7, 11) is 0. The number of para-hydroxylation sites is 1. The minimum absolute atomic E-state index is 0.0436. The molecule has 0 saturated carbocycles. The molecule has 7 heteroatoms. The smallest absolute Gasteiger partial charge is 0.267 e. The summed E-state index contributed by atoms with van der Waals surface area (Å²) in [6, 6.07) is 18.8. The highest BCUT2D eigenvalue weighted by Crippen LogP contribution is 2.32. The number of aryl methyl sites for hydroxylation is 1. The molecule has 0 radical (unpaired) electrons. The van der Waals surface area contributed by atoms with Crippen LogP contribution in [0.15, 0.2) is 66.7 Å². The molecule has 0 saturated heterocycles. The van der Waals surface area contributed by atoms with Crippen molar-refractivity contribution < 1.29 is 18.3 Å². The van der Waals surface area contributed by atoms with E-state index in [0.29, 0.717) is 10.4 Å². The molecule has 4 rings (SSSR count). The molecule has 0 spiro atoms. The van der Waals surface area contributed by atoms with Gasteiger partial charge in [-0.25, -0.2) is 13.8 Å². The number of anilines is 1. The fourth-order valence-electron chi connectivity index (χ4n) is 3.03. The highest BCUT2D eigenvalue weighted by Gasteiger charge is 2.22. The van der Waals surface area contributed by atoms with Crippen LogP contribution in [0.4, 0.5) is 13.9 Å². The average Bonchev–Trinajstić information content (AvgIpc) is 3.16. The Bertz CT molecular complexity index is 1190. The van der Waals surface area contributed by atoms with Crippen LogP contribution in [0, 0.1) is 18.6 Å². The summed E-state index contributed by atoms with van der Waals surface area (Å²) >= 11 is 1.06. The molecule has 0 aliphatic rings. The fraction of sp³-hybridized carbons (Fsp3) is 0.130. The summed E-state index contributed by atoms with van der Waals surface area (Å²) < 4.78 is 33.8. The van der Waals surface area contributed by atoms with Crippen LogP contribution in [-0.2, 0) is 11.3 Å². The number of thiazole rings is 1. The number of benzene rings is 3. The number of rotatable bonds is 6. The Hall–Kier alpha value is -3.32. The van der Waals surface area contributed by atoms with Crippen LogP contribution in [0.5, 0.6) is 5.75 Å². The number of halogens is 2. The number of ether oxygens (including phenoxy) is 1. The quantitative estimate of drug-likeness (QED) is 0.411. The van der Waals surface area contributed by atoms with Crippen molar-refractivity contribution in [2.75, 3.05) is 11.5 Å². The third-order valence-corrected chi connectivity index (χ3v) is 5.59. The van der Waals surface area contributed by atoms with Gasteiger partial charge in [0.1, 0.15) is 17.1 Å². The van der Waals surface area contributed by atoms with Crippen LogP contribution >= 0.6 is 11.3 Å². The molecule has 0 fully saturated rings. The summed E-state index contributed by atoms with van der Waals surface area (Å²) in [6.07, 6.45) is 0. The van der Waals surface area contributed by atoms with Gasteiger partial charge < -0.3 is 4.74 Å². The number of carbonyl (C=O) groups is 1. The maximum Gasteiger partial charge on any atom is 0.267 e. The molecule has 1 heterocycles. The van der Waals surface area contributed by atoms with Crippen molar-refractivity contribution in [3.63, 3.8) is 0 Å². The van der Waals surface area contributed by atoms with E-state index in [2.05, 4.69) is 4.98 Å². The lowest BCUT2D eigenvalue weighted by Crippen LogP contribution is -2.34. The number of fused-ring (bicyclic) bond motifs is 1. The Balaban J connectivity index is 1.65. The molecule has 1 aromatic heterocycles. The van der Waals surface area contributed by atoms with E-state index in [1.54, 1.807) is 6.07 Å². The van der Waals surface area contributed by atoms with Gasteiger partial charge in [0.2, 0.25) is 0 Å². The topological polar surface area (TPSA) is 42.4 Å². The Morgan fingerprint density at radius 3 is 2.57 bits per heavy atom. The standard InChI is InChI=1S/C23H18F2N2O2S/c1-15-7-5-6-10-19(15)29-14-21(28)27(13-16-8-3-2-4-9-16)23-26-22-18(25)11-17(24)12-20(22)30-23/h2-12H,13-14H2,1H3. The highest BCUT2D eigenvalue weighted by atomic mass is 32.1. The van der Waals surface area contributed by atoms with Gasteiger partial charge in [-0.05, 0) is 30.2 Å². The third kappa shape index (κ3) is 4.31. The van der Waals surface area contributed by atoms with E-state index in [1.807, 2.05) is 55.5 Å². The average molecular weight is 424 g/mol. The molecule has 4 aromatic rings. The van der Waals surface area contributed by atoms with Gasteiger partial charge >= 0.3 is 0 Å². The second-order valence-corrected chi connectivity index (χ2v) is 7.76. The number of hydrogen-bond donors (Lipinski definition) is 0. The molecule has 0 aliphatic heterocycles. The zero-order chi connectivity index (χ0) is 21.1. The predicted molar refractivity (Wildman–Crippen MR) is 114 cm³/mol. The van der Waals surface area contributed by atoms with Gasteiger partial charge in [-0.3, -0.25) is 9.69 Å². The van der Waals surface area contributed by atoms with Gasteiger partial charge in [-0.15, -0.1) is 0 Å². The lowest BCUT2D eigenvalue weighted by Gasteiger charge is -2.20. The first kappa shape index (κ1) is 20.0. The summed E-state index contributed by atoms with van der Waals surface area (Å²) in [5.74, 6) is -1.15. The van der Waals surface area contributed by atoms with Gasteiger partial charge in [0, 0.05) is 6.07 Å². The minimum atomic E-state index is -0.754. The first-order chi connectivity index (χ1) is 14.5. The number of aromatic nitrogens is 1. The third-order valence-electron chi connectivity index (χ3n) is 4.56. The van der Waals surface area contributed by atoms with Crippen molar-refractivity contribution in [2.45, 2.75) is 13.5 Å². The molecule has 0 bridgehead atoms. The van der Waals surface area contributed by atoms with E-state index in [1.165, 1.54) is 11.0 Å². The van der Waals surface area contributed by atoms with E-state index in [4.69, 9.17) is 4.74 Å². The summed E-state index contributed by atoms with van der Waals surface area (Å²) in [6.45, 7) is 1.93. The zero-order valence-electron chi connectivity index (χ0n) is 16.1. The molecule has 0 unspecified atom stereocenters. The second kappa shape index (κ2) is 8.59. The number of nitrogens with zero attached hydrogens (tertiary/aromatic N) is 2. The number of amides is 1. The van der Waals surface area contributed by atoms with Crippen molar-refractivity contribution in [2.24, 2.45) is 0 Å². The zero-order valence-corrected chi connectivity index (χ0v) is 17.0. The van der Waals surface area contributed by atoms with Gasteiger partial charge in [0.25, 0.3) is 5.91 Å². The lowest BCUT2D eigenvalue weighted by molar-refractivity contribution is -0.120. The molecular weight excluding hydrogens is 406 g/mol. The molecule has 1 amide bonds. The van der Waals surface area contributed by atoms with E-state index < -0.39 is 11.6 Å². The monoisotopic (exact) mass is 424 g/mol. The first-order valence-electron chi connectivity index (χ1n) is 9.29. The molecule has 152 valence electrons. The van der Waals surface area contributed by atoms with Crippen molar-refractivity contribution in [3.05, 3.63) is 89.5 Å². The van der Waals surface area contributed by atoms with Crippen molar-refractivity contribution in [1.82, 2.24) is 4.98 Å². The van der Waals surface area contributed by atoms with Crippen LogP contribution in [-0.4, -0.2) is 17.5 Å². The molecule has 4 nitrogen and oxygen atoms in total. The largest absolute Gasteiger partial charge is 0.483 e. The van der Waals surface area contributed by atoms with Gasteiger partial charge in [-0.2, -0.15) is 0 Å². The fourth-order valence-corrected chi connectivity index (χ4v) is 4.05. The van der Waals surface area contributed by atoms with Crippen LogP contribution in [0.3, 0.4) is 0 Å². The van der Waals surface area contributed by atoms with E-state index >= 15 is 0 Å². The van der Waals surface area contributed by atoms with Gasteiger partial charge in [0.15, 0.2) is 17.6 Å². The molecule has 0 N–H and O–H groups in total. The SMILES string of the molecule is Cc1ccccc1OCC(=O)N(Cc1ccccc1)c1nc2c(F)cc(F)cc2s1. The lowest BCUT2D eigenvalue weighted by atomic mass is 10.2. The van der Waals surface area contributed by atoms with E-state index in [9.17, 15) is 13.6 Å². The predicted octanol–water partition coefficient (Wildman–Crippen LogP) is 5.50. The normalized spacial score (nSPS) is 10.9. The second-order valence-electron chi connectivity index (χ2n) is 6.75. The van der Waals surface area contributed by atoms with Crippen LogP contribution < -0.4 is 9.64 Å². The van der Waals surface area contributed by atoms with Crippen LogP contribution in [0.1, 0.15) is 11.1 Å². The molecule has 0 aliphatic carbocycles. The molecule has 0 atom stereocenters. The van der Waals surface area contributed by atoms with E-state index in [0.717, 1.165) is 28.5 Å². The number of hydrogen-bond acceptors (Lipinski definition) is 4. The molecular formula is C23H18F2N2O2S. The van der Waals surface area contributed by atoms with Crippen molar-refractivity contribution >= 4 is 32.6 Å². The highest BCUT2D eigenvalue weighted by molar-refractivity contribution is 7.22. The van der Waals surface area contributed by atoms with Crippen LogP contribution in [0.2, 0.25) is 0 Å². The Morgan fingerprint density at radius 2 is 1.80 bits per heavy atom. The maximum atomic E-state index is 14.1. The maximum absolute atomic E-state index is 14.1. The van der Waals surface area contributed by atoms with Crippen molar-refractivity contribution in [3.8, 4) is 5.75 Å². The van der Waals surface area contributed by atoms with Gasteiger partial charge in [-0.1, -0.05) is 59.9 Å². The first-order valence-corrected chi connectivity index (χ1v) is 10.1. The molecule has 3 aromatic carbocycles. The minimum Gasteiger partial charge on any atom is -0.483 e. The Kier molecular flexibility index (Phi) is 5.72. The Morgan fingerprint density at radius 1 is 1.07 bits per heavy atom. The van der Waals surface area contributed by atoms with E-state index in [-0.39, 0.29) is 29.7 Å². The van der Waals surface area contributed by atoms with Gasteiger partial charge in [0.05, 0.1) is 11.2 Å². The summed E-state index contributed by atoms with van der Waals surface area (Å²) in [5, 5.41) is 0.289. The number of carbonyl (C=O) groups excluding carboxylic acids is 1. The summed E-state index contributed by atoms with van der Waals surface area (Å²) in [4.78, 5) is 18.8. The summed E-state index contributed by atoms with van der Waals surface area (Å²) in [5.41, 5.74) is 1.84.